The van der Waals surface area contributed by atoms with Gasteiger partial charge >= 0.3 is 0 Å². The normalized spacial score (nSPS) is 10.8. The van der Waals surface area contributed by atoms with Crippen molar-refractivity contribution in [2.75, 3.05) is 14.2 Å². The molecule has 0 unspecified atom stereocenters. The molecule has 0 atom stereocenters. The summed E-state index contributed by atoms with van der Waals surface area (Å²) in [6.07, 6.45) is 2.14. The smallest absolute Gasteiger partial charge is 0.162 e. The topological polar surface area (TPSA) is 23.4 Å². The number of rotatable bonds is 3. The fourth-order valence-electron chi connectivity index (χ4n) is 2.52. The Balaban J connectivity index is 2.30. The zero-order valence-corrected chi connectivity index (χ0v) is 11.9. The summed E-state index contributed by atoms with van der Waals surface area (Å²) < 4.78 is 13.0. The second-order valence-corrected chi connectivity index (χ2v) is 4.74. The standard InChI is InChI=1S/C17H17NO2/c1-12-11-18(13-7-5-4-6-8-13)15-10-17(20-3)16(19-2)9-14(12)15/h4-11H,1-3H3. The average Bonchev–Trinajstić information content (AvgIpc) is 2.83. The molecule has 3 aromatic rings. The summed E-state index contributed by atoms with van der Waals surface area (Å²) in [6.45, 7) is 2.10. The van der Waals surface area contributed by atoms with Crippen molar-refractivity contribution < 1.29 is 9.47 Å². The van der Waals surface area contributed by atoms with E-state index in [-0.39, 0.29) is 0 Å². The zero-order chi connectivity index (χ0) is 14.1. The predicted molar refractivity (Wildman–Crippen MR) is 81.1 cm³/mol. The quantitative estimate of drug-likeness (QED) is 0.717. The lowest BCUT2D eigenvalue weighted by atomic mass is 10.1. The Morgan fingerprint density at radius 1 is 0.900 bits per heavy atom. The molecule has 3 nitrogen and oxygen atoms in total. The molecule has 0 amide bonds. The second kappa shape index (κ2) is 4.93. The molecule has 0 saturated heterocycles. The van der Waals surface area contributed by atoms with Gasteiger partial charge in [-0.15, -0.1) is 0 Å². The van der Waals surface area contributed by atoms with Crippen LogP contribution in [-0.4, -0.2) is 18.8 Å². The molecule has 0 spiro atoms. The molecule has 0 fully saturated rings. The number of hydrogen-bond donors (Lipinski definition) is 0. The van der Waals surface area contributed by atoms with E-state index in [0.29, 0.717) is 0 Å². The van der Waals surface area contributed by atoms with Crippen LogP contribution in [-0.2, 0) is 0 Å². The van der Waals surface area contributed by atoms with Gasteiger partial charge in [0.05, 0.1) is 19.7 Å². The van der Waals surface area contributed by atoms with Gasteiger partial charge in [0, 0.05) is 23.3 Å². The summed E-state index contributed by atoms with van der Waals surface area (Å²) in [7, 11) is 3.32. The maximum Gasteiger partial charge on any atom is 0.162 e. The van der Waals surface area contributed by atoms with Gasteiger partial charge in [-0.25, -0.2) is 0 Å². The fourth-order valence-corrected chi connectivity index (χ4v) is 2.52. The van der Waals surface area contributed by atoms with Crippen molar-refractivity contribution in [3.05, 3.63) is 54.2 Å². The molecular formula is C17H17NO2. The first kappa shape index (κ1) is 12.6. The van der Waals surface area contributed by atoms with Gasteiger partial charge in [-0.2, -0.15) is 0 Å². The first-order valence-electron chi connectivity index (χ1n) is 6.53. The molecule has 3 rings (SSSR count). The molecule has 0 bridgehead atoms. The number of fused-ring (bicyclic) bond motifs is 1. The van der Waals surface area contributed by atoms with Gasteiger partial charge in [0.25, 0.3) is 0 Å². The summed E-state index contributed by atoms with van der Waals surface area (Å²) in [4.78, 5) is 0. The number of aryl methyl sites for hydroxylation is 1. The molecule has 0 aliphatic rings. The number of benzene rings is 2. The Hall–Kier alpha value is -2.42. The fraction of sp³-hybridized carbons (Fsp3) is 0.176. The molecular weight excluding hydrogens is 250 g/mol. The van der Waals surface area contributed by atoms with Crippen molar-refractivity contribution >= 4 is 10.9 Å². The van der Waals surface area contributed by atoms with Gasteiger partial charge < -0.3 is 14.0 Å². The van der Waals surface area contributed by atoms with E-state index in [4.69, 9.17) is 9.47 Å². The summed E-state index contributed by atoms with van der Waals surface area (Å²) in [6, 6.07) is 14.3. The van der Waals surface area contributed by atoms with Crippen LogP contribution in [0.5, 0.6) is 11.5 Å². The number of nitrogens with zero attached hydrogens (tertiary/aromatic N) is 1. The average molecular weight is 267 g/mol. The van der Waals surface area contributed by atoms with E-state index >= 15 is 0 Å². The van der Waals surface area contributed by atoms with Crippen LogP contribution in [0.25, 0.3) is 16.6 Å². The third kappa shape index (κ3) is 1.92. The lowest BCUT2D eigenvalue weighted by Gasteiger charge is -2.10. The van der Waals surface area contributed by atoms with Crippen molar-refractivity contribution in [1.29, 1.82) is 0 Å². The van der Waals surface area contributed by atoms with Gasteiger partial charge in [0.1, 0.15) is 0 Å². The van der Waals surface area contributed by atoms with Crippen LogP contribution in [0, 0.1) is 6.92 Å². The molecule has 20 heavy (non-hydrogen) atoms. The van der Waals surface area contributed by atoms with E-state index in [1.54, 1.807) is 14.2 Å². The number of hydrogen-bond acceptors (Lipinski definition) is 2. The van der Waals surface area contributed by atoms with Crippen LogP contribution >= 0.6 is 0 Å². The first-order chi connectivity index (χ1) is 9.74. The van der Waals surface area contributed by atoms with Crippen LogP contribution in [0.2, 0.25) is 0 Å². The lowest BCUT2D eigenvalue weighted by molar-refractivity contribution is 0.356. The van der Waals surface area contributed by atoms with Gasteiger partial charge in [-0.3, -0.25) is 0 Å². The predicted octanol–water partition coefficient (Wildman–Crippen LogP) is 3.96. The van der Waals surface area contributed by atoms with E-state index in [9.17, 15) is 0 Å². The molecule has 1 aromatic heterocycles. The number of ether oxygens (including phenoxy) is 2. The molecule has 102 valence electrons. The van der Waals surface area contributed by atoms with Gasteiger partial charge in [-0.05, 0) is 30.7 Å². The maximum atomic E-state index is 5.41. The van der Waals surface area contributed by atoms with Gasteiger partial charge in [0.2, 0.25) is 0 Å². The lowest BCUT2D eigenvalue weighted by Crippen LogP contribution is -1.94. The van der Waals surface area contributed by atoms with Crippen LogP contribution in [0.4, 0.5) is 0 Å². The number of para-hydroxylation sites is 1. The Morgan fingerprint density at radius 2 is 1.55 bits per heavy atom. The minimum atomic E-state index is 0.746. The van der Waals surface area contributed by atoms with Gasteiger partial charge in [-0.1, -0.05) is 18.2 Å². The largest absolute Gasteiger partial charge is 0.493 e. The van der Waals surface area contributed by atoms with Crippen LogP contribution < -0.4 is 9.47 Å². The third-order valence-corrected chi connectivity index (χ3v) is 3.54. The van der Waals surface area contributed by atoms with Crippen LogP contribution in [0.1, 0.15) is 5.56 Å². The molecule has 0 aliphatic carbocycles. The number of methoxy groups -OCH3 is 2. The molecule has 3 heteroatoms. The molecule has 0 saturated carbocycles. The van der Waals surface area contributed by atoms with Crippen molar-refractivity contribution in [3.8, 4) is 17.2 Å². The van der Waals surface area contributed by atoms with Crippen LogP contribution in [0.15, 0.2) is 48.7 Å². The Kier molecular flexibility index (Phi) is 3.11. The molecule has 0 N–H and O–H groups in total. The highest BCUT2D eigenvalue weighted by Gasteiger charge is 2.12. The summed E-state index contributed by atoms with van der Waals surface area (Å²) in [5, 5.41) is 1.17. The Labute approximate surface area is 118 Å². The summed E-state index contributed by atoms with van der Waals surface area (Å²) in [5.74, 6) is 1.50. The summed E-state index contributed by atoms with van der Waals surface area (Å²) >= 11 is 0. The third-order valence-electron chi connectivity index (χ3n) is 3.54. The zero-order valence-electron chi connectivity index (χ0n) is 11.9. The molecule has 2 aromatic carbocycles. The highest BCUT2D eigenvalue weighted by molar-refractivity contribution is 5.88. The minimum absolute atomic E-state index is 0.746. The van der Waals surface area contributed by atoms with E-state index in [1.807, 2.05) is 30.3 Å². The first-order valence-corrected chi connectivity index (χ1v) is 6.53. The summed E-state index contributed by atoms with van der Waals surface area (Å²) in [5.41, 5.74) is 3.47. The Bertz CT molecular complexity index is 745. The maximum absolute atomic E-state index is 5.41. The van der Waals surface area contributed by atoms with Crippen molar-refractivity contribution in [3.63, 3.8) is 0 Å². The van der Waals surface area contributed by atoms with E-state index < -0.39 is 0 Å². The number of aromatic nitrogens is 1. The van der Waals surface area contributed by atoms with Crippen LogP contribution in [0.3, 0.4) is 0 Å². The monoisotopic (exact) mass is 267 g/mol. The van der Waals surface area contributed by atoms with Crippen molar-refractivity contribution in [2.45, 2.75) is 6.92 Å². The Morgan fingerprint density at radius 3 is 2.20 bits per heavy atom. The molecule has 0 radical (unpaired) electrons. The molecule has 0 aliphatic heterocycles. The van der Waals surface area contributed by atoms with E-state index in [1.165, 1.54) is 10.9 Å². The molecule has 1 heterocycles. The van der Waals surface area contributed by atoms with E-state index in [2.05, 4.69) is 29.8 Å². The van der Waals surface area contributed by atoms with E-state index in [0.717, 1.165) is 22.7 Å². The second-order valence-electron chi connectivity index (χ2n) is 4.74. The van der Waals surface area contributed by atoms with Crippen molar-refractivity contribution in [2.24, 2.45) is 0 Å². The highest BCUT2D eigenvalue weighted by atomic mass is 16.5. The van der Waals surface area contributed by atoms with Crippen molar-refractivity contribution in [1.82, 2.24) is 4.57 Å². The highest BCUT2D eigenvalue weighted by Crippen LogP contribution is 2.35. The van der Waals surface area contributed by atoms with Gasteiger partial charge in [0.15, 0.2) is 11.5 Å². The SMILES string of the molecule is COc1cc2c(C)cn(-c3ccccc3)c2cc1OC. The minimum Gasteiger partial charge on any atom is -0.493 e.